The highest BCUT2D eigenvalue weighted by Crippen LogP contribution is 2.19. The van der Waals surface area contributed by atoms with E-state index in [9.17, 15) is 9.18 Å². The number of hydrogen-bond acceptors (Lipinski definition) is 4. The maximum Gasteiger partial charge on any atom is 0.274 e. The van der Waals surface area contributed by atoms with Crippen LogP contribution in [0.25, 0.3) is 0 Å². The first kappa shape index (κ1) is 14.4. The van der Waals surface area contributed by atoms with Crippen LogP contribution in [-0.4, -0.2) is 29.0 Å². The van der Waals surface area contributed by atoms with Gasteiger partial charge in [-0.25, -0.2) is 14.4 Å². The number of aromatic nitrogens is 2. The Hall–Kier alpha value is -2.50. The molecule has 0 radical (unpaired) electrons. The summed E-state index contributed by atoms with van der Waals surface area (Å²) in [4.78, 5) is 23.0. The highest BCUT2D eigenvalue weighted by molar-refractivity contribution is 6.03. The van der Waals surface area contributed by atoms with Crippen molar-refractivity contribution in [1.82, 2.24) is 9.97 Å². The molecule has 1 aliphatic heterocycles. The van der Waals surface area contributed by atoms with E-state index in [0.29, 0.717) is 17.2 Å². The summed E-state index contributed by atoms with van der Waals surface area (Å²) >= 11 is 0. The van der Waals surface area contributed by atoms with Crippen molar-refractivity contribution in [1.29, 1.82) is 0 Å². The van der Waals surface area contributed by atoms with E-state index in [-0.39, 0.29) is 5.91 Å². The molecule has 0 atom stereocenters. The zero-order valence-electron chi connectivity index (χ0n) is 12.3. The molecule has 1 saturated heterocycles. The Balaban J connectivity index is 1.82. The molecule has 0 spiro atoms. The molecule has 2 heterocycles. The number of nitrogens with zero attached hydrogens (tertiary/aromatic N) is 3. The highest BCUT2D eigenvalue weighted by atomic mass is 19.1. The highest BCUT2D eigenvalue weighted by Gasteiger charge is 2.17. The van der Waals surface area contributed by atoms with Gasteiger partial charge in [0.1, 0.15) is 23.2 Å². The Morgan fingerprint density at radius 3 is 2.73 bits per heavy atom. The summed E-state index contributed by atoms with van der Waals surface area (Å²) < 4.78 is 13.2. The van der Waals surface area contributed by atoms with Crippen molar-refractivity contribution in [2.45, 2.75) is 19.8 Å². The second-order valence-electron chi connectivity index (χ2n) is 5.32. The maximum atomic E-state index is 13.2. The molecule has 114 valence electrons. The van der Waals surface area contributed by atoms with Crippen LogP contribution in [0, 0.1) is 12.7 Å². The smallest absolute Gasteiger partial charge is 0.274 e. The quantitative estimate of drug-likeness (QED) is 0.947. The van der Waals surface area contributed by atoms with Gasteiger partial charge in [0, 0.05) is 24.8 Å². The van der Waals surface area contributed by atoms with E-state index < -0.39 is 5.82 Å². The lowest BCUT2D eigenvalue weighted by atomic mass is 10.3. The number of anilines is 2. The van der Waals surface area contributed by atoms with E-state index >= 15 is 0 Å². The molecule has 1 amide bonds. The Morgan fingerprint density at radius 1 is 1.23 bits per heavy atom. The monoisotopic (exact) mass is 300 g/mol. The van der Waals surface area contributed by atoms with Crippen molar-refractivity contribution in [3.63, 3.8) is 0 Å². The van der Waals surface area contributed by atoms with Crippen LogP contribution in [0.15, 0.2) is 30.3 Å². The first-order valence-electron chi connectivity index (χ1n) is 7.29. The molecule has 2 aromatic rings. The predicted molar refractivity (Wildman–Crippen MR) is 82.6 cm³/mol. The third-order valence-corrected chi connectivity index (χ3v) is 3.57. The molecule has 1 aromatic carbocycles. The van der Waals surface area contributed by atoms with Crippen molar-refractivity contribution in [3.8, 4) is 0 Å². The molecule has 1 aromatic heterocycles. The molecule has 1 N–H and O–H groups in total. The van der Waals surface area contributed by atoms with Gasteiger partial charge in [0.25, 0.3) is 5.91 Å². The normalized spacial score (nSPS) is 14.2. The lowest BCUT2D eigenvalue weighted by Gasteiger charge is -2.17. The minimum Gasteiger partial charge on any atom is -0.356 e. The molecule has 3 rings (SSSR count). The van der Waals surface area contributed by atoms with Crippen LogP contribution < -0.4 is 10.2 Å². The Labute approximate surface area is 128 Å². The summed E-state index contributed by atoms with van der Waals surface area (Å²) in [5, 5.41) is 2.66. The van der Waals surface area contributed by atoms with E-state index in [1.165, 1.54) is 12.1 Å². The summed E-state index contributed by atoms with van der Waals surface area (Å²) in [5.74, 6) is 0.564. The van der Waals surface area contributed by atoms with Gasteiger partial charge in [-0.3, -0.25) is 4.79 Å². The molecule has 0 unspecified atom stereocenters. The number of benzene rings is 1. The number of halogens is 1. The largest absolute Gasteiger partial charge is 0.356 e. The molecule has 22 heavy (non-hydrogen) atoms. The second-order valence-corrected chi connectivity index (χ2v) is 5.32. The molecule has 1 fully saturated rings. The molecule has 0 bridgehead atoms. The predicted octanol–water partition coefficient (Wildman–Crippen LogP) is 2.78. The number of carbonyl (C=O) groups excluding carboxylic acids is 1. The van der Waals surface area contributed by atoms with Crippen molar-refractivity contribution in [2.24, 2.45) is 0 Å². The van der Waals surface area contributed by atoms with Crippen LogP contribution in [0.2, 0.25) is 0 Å². The van der Waals surface area contributed by atoms with Gasteiger partial charge in [-0.15, -0.1) is 0 Å². The van der Waals surface area contributed by atoms with Crippen molar-refractivity contribution < 1.29 is 9.18 Å². The third kappa shape index (κ3) is 3.21. The number of carbonyl (C=O) groups is 1. The maximum absolute atomic E-state index is 13.2. The van der Waals surface area contributed by atoms with E-state index in [2.05, 4.69) is 20.2 Å². The Morgan fingerprint density at radius 2 is 2.00 bits per heavy atom. The van der Waals surface area contributed by atoms with Crippen LogP contribution in [-0.2, 0) is 0 Å². The zero-order chi connectivity index (χ0) is 15.5. The van der Waals surface area contributed by atoms with Crippen molar-refractivity contribution >= 4 is 17.4 Å². The van der Waals surface area contributed by atoms with Gasteiger partial charge in [-0.05, 0) is 38.0 Å². The van der Waals surface area contributed by atoms with E-state index in [0.717, 1.165) is 31.7 Å². The van der Waals surface area contributed by atoms with Crippen LogP contribution in [0.4, 0.5) is 15.9 Å². The van der Waals surface area contributed by atoms with Gasteiger partial charge in [0.05, 0.1) is 0 Å². The fraction of sp³-hybridized carbons (Fsp3) is 0.312. The van der Waals surface area contributed by atoms with E-state index in [4.69, 9.17) is 0 Å². The van der Waals surface area contributed by atoms with Gasteiger partial charge < -0.3 is 10.2 Å². The summed E-state index contributed by atoms with van der Waals surface area (Å²) in [6, 6.07) is 7.47. The average Bonchev–Trinajstić information content (AvgIpc) is 3.01. The van der Waals surface area contributed by atoms with Crippen molar-refractivity contribution in [3.05, 3.63) is 47.7 Å². The Bertz CT molecular complexity index is 698. The first-order valence-corrected chi connectivity index (χ1v) is 7.29. The topological polar surface area (TPSA) is 58.1 Å². The van der Waals surface area contributed by atoms with Gasteiger partial charge in [-0.2, -0.15) is 0 Å². The molecule has 0 saturated carbocycles. The number of hydrogen-bond donors (Lipinski definition) is 1. The SMILES string of the molecule is Cc1nc(C(=O)Nc2cccc(F)c2)cc(N2CCCC2)n1. The van der Waals surface area contributed by atoms with Gasteiger partial charge >= 0.3 is 0 Å². The van der Waals surface area contributed by atoms with E-state index in [1.54, 1.807) is 25.1 Å². The van der Waals surface area contributed by atoms with Gasteiger partial charge in [0.15, 0.2) is 0 Å². The minimum absolute atomic E-state index is 0.290. The zero-order valence-corrected chi connectivity index (χ0v) is 12.3. The standard InChI is InChI=1S/C16H17FN4O/c1-11-18-14(10-15(19-11)21-7-2-3-8-21)16(22)20-13-6-4-5-12(17)9-13/h4-6,9-10H,2-3,7-8H2,1H3,(H,20,22). The number of aryl methyl sites for hydroxylation is 1. The molecular weight excluding hydrogens is 283 g/mol. The summed E-state index contributed by atoms with van der Waals surface area (Å²) in [5.41, 5.74) is 0.697. The van der Waals surface area contributed by atoms with Gasteiger partial charge in [0.2, 0.25) is 0 Å². The Kier molecular flexibility index (Phi) is 4.00. The second kappa shape index (κ2) is 6.09. The fourth-order valence-electron chi connectivity index (χ4n) is 2.54. The lowest BCUT2D eigenvalue weighted by Crippen LogP contribution is -2.22. The lowest BCUT2D eigenvalue weighted by molar-refractivity contribution is 0.102. The number of rotatable bonds is 3. The molecule has 6 heteroatoms. The molecule has 0 aliphatic carbocycles. The van der Waals surface area contributed by atoms with Crippen LogP contribution in [0.1, 0.15) is 29.2 Å². The molecular formula is C16H17FN4O. The fourth-order valence-corrected chi connectivity index (χ4v) is 2.54. The summed E-state index contributed by atoms with van der Waals surface area (Å²) in [6.45, 7) is 3.65. The molecule has 5 nitrogen and oxygen atoms in total. The molecule has 1 aliphatic rings. The van der Waals surface area contributed by atoms with Crippen LogP contribution >= 0.6 is 0 Å². The summed E-state index contributed by atoms with van der Waals surface area (Å²) in [7, 11) is 0. The first-order chi connectivity index (χ1) is 10.6. The van der Waals surface area contributed by atoms with Crippen LogP contribution in [0.5, 0.6) is 0 Å². The van der Waals surface area contributed by atoms with Crippen molar-refractivity contribution in [2.75, 3.05) is 23.3 Å². The third-order valence-electron chi connectivity index (χ3n) is 3.57. The average molecular weight is 300 g/mol. The van der Waals surface area contributed by atoms with Crippen LogP contribution in [0.3, 0.4) is 0 Å². The number of nitrogens with one attached hydrogen (secondary N) is 1. The van der Waals surface area contributed by atoms with Gasteiger partial charge in [-0.1, -0.05) is 6.07 Å². The summed E-state index contributed by atoms with van der Waals surface area (Å²) in [6.07, 6.45) is 2.27. The van der Waals surface area contributed by atoms with E-state index in [1.807, 2.05) is 0 Å². The minimum atomic E-state index is -0.394. The number of amides is 1.